The summed E-state index contributed by atoms with van der Waals surface area (Å²) in [6, 6.07) is 6.66. The molecule has 0 aliphatic heterocycles. The molecule has 0 aliphatic carbocycles. The van der Waals surface area contributed by atoms with Gasteiger partial charge < -0.3 is 9.84 Å². The van der Waals surface area contributed by atoms with Gasteiger partial charge in [-0.3, -0.25) is 5.32 Å². The molecule has 0 fully saturated rings. The highest BCUT2D eigenvalue weighted by molar-refractivity contribution is 6.30. The van der Waals surface area contributed by atoms with E-state index in [1.807, 2.05) is 0 Å². The van der Waals surface area contributed by atoms with Gasteiger partial charge in [0.05, 0.1) is 0 Å². The Balaban J connectivity index is 2.54. The quantitative estimate of drug-likeness (QED) is 0.780. The zero-order valence-electron chi connectivity index (χ0n) is 8.53. The SMILES string of the molecule is CC(C#CO)OC(=O)Nc1cccc(Cl)c1. The summed E-state index contributed by atoms with van der Waals surface area (Å²) in [5, 5.41) is 11.3. The van der Waals surface area contributed by atoms with Gasteiger partial charge in [-0.1, -0.05) is 17.7 Å². The number of aliphatic hydroxyl groups excluding tert-OH is 1. The van der Waals surface area contributed by atoms with Crippen molar-refractivity contribution in [2.24, 2.45) is 0 Å². The molecular formula is C11H10ClNO3. The molecule has 1 rings (SSSR count). The molecule has 5 heteroatoms. The third kappa shape index (κ3) is 4.11. The summed E-state index contributed by atoms with van der Waals surface area (Å²) in [6.45, 7) is 1.54. The molecule has 4 nitrogen and oxygen atoms in total. The lowest BCUT2D eigenvalue weighted by Crippen LogP contribution is -2.19. The number of aliphatic hydroxyl groups is 1. The van der Waals surface area contributed by atoms with E-state index in [9.17, 15) is 4.79 Å². The van der Waals surface area contributed by atoms with E-state index in [2.05, 4.69) is 11.2 Å². The maximum atomic E-state index is 11.3. The minimum Gasteiger partial charge on any atom is -0.462 e. The highest BCUT2D eigenvalue weighted by Gasteiger charge is 2.07. The molecule has 1 amide bonds. The van der Waals surface area contributed by atoms with E-state index in [1.165, 1.54) is 0 Å². The van der Waals surface area contributed by atoms with Gasteiger partial charge in [0.15, 0.2) is 6.10 Å². The molecule has 0 saturated carbocycles. The van der Waals surface area contributed by atoms with Crippen LogP contribution >= 0.6 is 11.6 Å². The predicted molar refractivity (Wildman–Crippen MR) is 60.7 cm³/mol. The number of hydrogen-bond acceptors (Lipinski definition) is 3. The third-order valence-electron chi connectivity index (χ3n) is 1.62. The minimum atomic E-state index is -0.677. The lowest BCUT2D eigenvalue weighted by atomic mass is 10.3. The van der Waals surface area contributed by atoms with Crippen LogP contribution in [-0.2, 0) is 4.74 Å². The van der Waals surface area contributed by atoms with Crippen molar-refractivity contribution in [3.63, 3.8) is 0 Å². The van der Waals surface area contributed by atoms with Crippen LogP contribution in [0.3, 0.4) is 0 Å². The van der Waals surface area contributed by atoms with E-state index < -0.39 is 12.2 Å². The van der Waals surface area contributed by atoms with E-state index in [4.69, 9.17) is 21.4 Å². The van der Waals surface area contributed by atoms with Crippen LogP contribution in [0.1, 0.15) is 6.92 Å². The van der Waals surface area contributed by atoms with Gasteiger partial charge in [-0.25, -0.2) is 4.79 Å². The monoisotopic (exact) mass is 239 g/mol. The van der Waals surface area contributed by atoms with Crippen molar-refractivity contribution in [2.45, 2.75) is 13.0 Å². The summed E-state index contributed by atoms with van der Waals surface area (Å²) in [5.74, 6) is 2.27. The van der Waals surface area contributed by atoms with Gasteiger partial charge in [0.25, 0.3) is 0 Å². The first kappa shape index (κ1) is 12.2. The van der Waals surface area contributed by atoms with E-state index in [1.54, 1.807) is 37.3 Å². The number of benzene rings is 1. The fourth-order valence-corrected chi connectivity index (χ4v) is 1.18. The standard InChI is InChI=1S/C11H10ClNO3/c1-8(5-6-14)16-11(15)13-10-4-2-3-9(12)7-10/h2-4,7-8,14H,1H3,(H,13,15). The molecule has 1 atom stereocenters. The van der Waals surface area contributed by atoms with Crippen molar-refractivity contribution in [2.75, 3.05) is 5.32 Å². The topological polar surface area (TPSA) is 58.6 Å². The molecule has 0 aliphatic rings. The van der Waals surface area contributed by atoms with Gasteiger partial charge in [-0.05, 0) is 31.0 Å². The van der Waals surface area contributed by atoms with Crippen molar-refractivity contribution in [3.05, 3.63) is 29.3 Å². The number of ether oxygens (including phenoxy) is 1. The Hall–Kier alpha value is -1.86. The van der Waals surface area contributed by atoms with Gasteiger partial charge in [0.2, 0.25) is 0 Å². The van der Waals surface area contributed by atoms with Crippen LogP contribution in [0.25, 0.3) is 0 Å². The van der Waals surface area contributed by atoms with Crippen molar-refractivity contribution < 1.29 is 14.6 Å². The Morgan fingerprint density at radius 3 is 3.00 bits per heavy atom. The molecule has 0 radical (unpaired) electrons. The third-order valence-corrected chi connectivity index (χ3v) is 1.86. The second kappa shape index (κ2) is 5.89. The highest BCUT2D eigenvalue weighted by Crippen LogP contribution is 2.15. The van der Waals surface area contributed by atoms with Crippen molar-refractivity contribution in [1.82, 2.24) is 0 Å². The molecule has 0 bridgehead atoms. The number of rotatable bonds is 2. The lowest BCUT2D eigenvalue weighted by Gasteiger charge is -2.08. The van der Waals surface area contributed by atoms with Gasteiger partial charge in [0.1, 0.15) is 6.11 Å². The molecule has 2 N–H and O–H groups in total. The average molecular weight is 240 g/mol. The molecule has 16 heavy (non-hydrogen) atoms. The lowest BCUT2D eigenvalue weighted by molar-refractivity contribution is 0.145. The normalized spacial score (nSPS) is 10.9. The zero-order chi connectivity index (χ0) is 12.0. The van der Waals surface area contributed by atoms with E-state index in [-0.39, 0.29) is 0 Å². The Labute approximate surface area is 98.2 Å². The predicted octanol–water partition coefficient (Wildman–Crippen LogP) is 2.61. The zero-order valence-corrected chi connectivity index (χ0v) is 9.28. The van der Waals surface area contributed by atoms with Crippen molar-refractivity contribution in [3.8, 4) is 12.0 Å². The maximum Gasteiger partial charge on any atom is 0.412 e. The summed E-state index contributed by atoms with van der Waals surface area (Å²) < 4.78 is 4.81. The number of halogens is 1. The highest BCUT2D eigenvalue weighted by atomic mass is 35.5. The first-order valence-electron chi connectivity index (χ1n) is 4.49. The van der Waals surface area contributed by atoms with Crippen LogP contribution in [0.15, 0.2) is 24.3 Å². The molecule has 0 saturated heterocycles. The molecule has 1 aromatic carbocycles. The molecular weight excluding hydrogens is 230 g/mol. The summed E-state index contributed by atoms with van der Waals surface area (Å²) in [7, 11) is 0. The van der Waals surface area contributed by atoms with Crippen LogP contribution in [0.4, 0.5) is 10.5 Å². The van der Waals surface area contributed by atoms with Crippen LogP contribution in [0.5, 0.6) is 0 Å². The minimum absolute atomic E-state index is 0.515. The summed E-state index contributed by atoms with van der Waals surface area (Å²) >= 11 is 5.74. The Morgan fingerprint density at radius 2 is 2.38 bits per heavy atom. The summed E-state index contributed by atoms with van der Waals surface area (Å²) in [4.78, 5) is 11.3. The average Bonchev–Trinajstić information content (AvgIpc) is 2.17. The first-order chi connectivity index (χ1) is 7.61. The van der Waals surface area contributed by atoms with E-state index >= 15 is 0 Å². The summed E-state index contributed by atoms with van der Waals surface area (Å²) in [6.07, 6.45) is 0.338. The summed E-state index contributed by atoms with van der Waals surface area (Å²) in [5.41, 5.74) is 0.529. The fraction of sp³-hybridized carbons (Fsp3) is 0.182. The van der Waals surface area contributed by atoms with Crippen molar-refractivity contribution >= 4 is 23.4 Å². The number of anilines is 1. The Kier molecular flexibility index (Phi) is 4.49. The second-order valence-corrected chi connectivity index (χ2v) is 3.38. The smallest absolute Gasteiger partial charge is 0.412 e. The molecule has 0 aromatic heterocycles. The molecule has 0 spiro atoms. The Morgan fingerprint density at radius 1 is 1.62 bits per heavy atom. The largest absolute Gasteiger partial charge is 0.462 e. The van der Waals surface area contributed by atoms with Gasteiger partial charge >= 0.3 is 6.09 Å². The number of nitrogens with one attached hydrogen (secondary N) is 1. The first-order valence-corrected chi connectivity index (χ1v) is 4.87. The molecule has 1 aromatic rings. The number of carbonyl (C=O) groups is 1. The molecule has 84 valence electrons. The number of carbonyl (C=O) groups excluding carboxylic acids is 1. The van der Waals surface area contributed by atoms with Gasteiger partial charge in [-0.15, -0.1) is 0 Å². The van der Waals surface area contributed by atoms with E-state index in [0.29, 0.717) is 10.7 Å². The maximum absolute atomic E-state index is 11.3. The molecule has 0 heterocycles. The number of hydrogen-bond donors (Lipinski definition) is 2. The molecule has 1 unspecified atom stereocenters. The van der Waals surface area contributed by atoms with Gasteiger partial charge in [0, 0.05) is 10.7 Å². The van der Waals surface area contributed by atoms with Crippen LogP contribution in [0, 0.1) is 12.0 Å². The second-order valence-electron chi connectivity index (χ2n) is 2.94. The van der Waals surface area contributed by atoms with E-state index in [0.717, 1.165) is 0 Å². The Bertz CT molecular complexity index is 436. The van der Waals surface area contributed by atoms with Crippen LogP contribution < -0.4 is 5.32 Å². The van der Waals surface area contributed by atoms with Crippen LogP contribution in [-0.4, -0.2) is 17.3 Å². The fourth-order valence-electron chi connectivity index (χ4n) is 0.994. The number of amides is 1. The van der Waals surface area contributed by atoms with Crippen LogP contribution in [0.2, 0.25) is 5.02 Å². The van der Waals surface area contributed by atoms with Gasteiger partial charge in [-0.2, -0.15) is 0 Å². The van der Waals surface area contributed by atoms with Crippen molar-refractivity contribution in [1.29, 1.82) is 0 Å².